The summed E-state index contributed by atoms with van der Waals surface area (Å²) in [6.45, 7) is 2.19. The van der Waals surface area contributed by atoms with E-state index in [1.165, 1.54) is 32.1 Å². The van der Waals surface area contributed by atoms with Crippen LogP contribution in [0.15, 0.2) is 0 Å². The van der Waals surface area contributed by atoms with Gasteiger partial charge >= 0.3 is 16.4 Å². The Morgan fingerprint density at radius 3 is 1.79 bits per heavy atom. The van der Waals surface area contributed by atoms with Gasteiger partial charge in [0.15, 0.2) is 0 Å². The molecule has 0 bridgehead atoms. The van der Waals surface area contributed by atoms with Crippen LogP contribution < -0.4 is 0 Å². The van der Waals surface area contributed by atoms with Crippen LogP contribution in [0.3, 0.4) is 0 Å². The second-order valence-corrected chi connectivity index (χ2v) is 5.48. The summed E-state index contributed by atoms with van der Waals surface area (Å²) in [6, 6.07) is 0. The molecule has 0 aliphatic rings. The fraction of sp³-hybridized carbons (Fsp3) is 0.917. The molecule has 0 fully saturated rings. The van der Waals surface area contributed by atoms with Crippen molar-refractivity contribution in [1.82, 2.24) is 0 Å². The third-order valence-electron chi connectivity index (χ3n) is 2.68. The van der Waals surface area contributed by atoms with Crippen LogP contribution >= 0.6 is 0 Å². The van der Waals surface area contributed by atoms with Gasteiger partial charge in [0.1, 0.15) is 0 Å². The van der Waals surface area contributed by atoms with Crippen molar-refractivity contribution in [3.8, 4) is 0 Å². The van der Waals surface area contributed by atoms with Gasteiger partial charge in [0.2, 0.25) is 0 Å². The van der Waals surface area contributed by atoms with Gasteiger partial charge in [-0.3, -0.25) is 9.35 Å². The minimum Gasteiger partial charge on any atom is -0.325 e. The van der Waals surface area contributed by atoms with Gasteiger partial charge in [-0.2, -0.15) is 8.42 Å². The molecular formula is C12H24NaO5S. The first kappa shape index (κ1) is 21.7. The molecule has 109 valence electrons. The Morgan fingerprint density at radius 1 is 0.947 bits per heavy atom. The summed E-state index contributed by atoms with van der Waals surface area (Å²) in [6.07, 6.45) is 10.0. The summed E-state index contributed by atoms with van der Waals surface area (Å²) >= 11 is 0. The van der Waals surface area contributed by atoms with Crippen LogP contribution in [0.2, 0.25) is 0 Å². The van der Waals surface area contributed by atoms with Crippen LogP contribution in [0.1, 0.15) is 71.1 Å². The van der Waals surface area contributed by atoms with Gasteiger partial charge in [-0.25, -0.2) is 0 Å². The predicted molar refractivity (Wildman–Crippen MR) is 75.2 cm³/mol. The molecule has 1 N–H and O–H groups in total. The maximum absolute atomic E-state index is 10.9. The summed E-state index contributed by atoms with van der Waals surface area (Å²) in [4.78, 5) is 10.9. The van der Waals surface area contributed by atoms with E-state index in [1.54, 1.807) is 0 Å². The van der Waals surface area contributed by atoms with Crippen LogP contribution in [0.4, 0.5) is 0 Å². The van der Waals surface area contributed by atoms with Gasteiger partial charge < -0.3 is 4.18 Å². The first-order valence-electron chi connectivity index (χ1n) is 6.65. The molecule has 0 aromatic carbocycles. The SMILES string of the molecule is CCCCCCCCCCCC(=O)OS(=O)(=O)O.[Na]. The topological polar surface area (TPSA) is 80.7 Å². The first-order chi connectivity index (χ1) is 8.45. The third-order valence-corrected chi connectivity index (χ3v) is 3.08. The van der Waals surface area contributed by atoms with Crippen LogP contribution in [0.5, 0.6) is 0 Å². The van der Waals surface area contributed by atoms with Crippen molar-refractivity contribution in [2.24, 2.45) is 0 Å². The van der Waals surface area contributed by atoms with Crippen LogP contribution in [-0.2, 0) is 19.4 Å². The van der Waals surface area contributed by atoms with E-state index in [-0.39, 0.29) is 36.0 Å². The summed E-state index contributed by atoms with van der Waals surface area (Å²) in [5.41, 5.74) is 0. The fourth-order valence-corrected chi connectivity index (χ4v) is 2.06. The average molecular weight is 303 g/mol. The normalized spacial score (nSPS) is 10.8. The van der Waals surface area contributed by atoms with Crippen molar-refractivity contribution >= 4 is 45.9 Å². The zero-order chi connectivity index (χ0) is 13.9. The molecule has 0 spiro atoms. The molecule has 0 saturated heterocycles. The maximum atomic E-state index is 10.9. The molecule has 5 nitrogen and oxygen atoms in total. The van der Waals surface area contributed by atoms with Gasteiger partial charge in [0, 0.05) is 36.0 Å². The van der Waals surface area contributed by atoms with Crippen molar-refractivity contribution in [3.63, 3.8) is 0 Å². The average Bonchev–Trinajstić information content (AvgIpc) is 2.24. The quantitative estimate of drug-likeness (QED) is 0.360. The van der Waals surface area contributed by atoms with Gasteiger partial charge in [-0.15, -0.1) is 0 Å². The molecule has 19 heavy (non-hydrogen) atoms. The molecule has 0 aromatic rings. The second-order valence-electron chi connectivity index (χ2n) is 4.46. The molecule has 0 aliphatic heterocycles. The minimum absolute atomic E-state index is 0. The van der Waals surface area contributed by atoms with E-state index in [4.69, 9.17) is 4.55 Å². The van der Waals surface area contributed by atoms with Crippen LogP contribution in [-0.4, -0.2) is 48.5 Å². The number of carbonyl (C=O) groups is 1. The van der Waals surface area contributed by atoms with E-state index in [0.29, 0.717) is 6.42 Å². The number of carbonyl (C=O) groups excluding carboxylic acids is 1. The number of hydrogen-bond acceptors (Lipinski definition) is 4. The Bertz CT molecular complexity index is 316. The van der Waals surface area contributed by atoms with E-state index < -0.39 is 16.4 Å². The molecule has 0 unspecified atom stereocenters. The van der Waals surface area contributed by atoms with E-state index >= 15 is 0 Å². The van der Waals surface area contributed by atoms with Crippen molar-refractivity contribution in [2.45, 2.75) is 71.1 Å². The molecule has 0 atom stereocenters. The molecule has 0 amide bonds. The molecule has 0 aliphatic carbocycles. The fourth-order valence-electron chi connectivity index (χ4n) is 1.74. The first-order valence-corrected chi connectivity index (χ1v) is 8.02. The zero-order valence-electron chi connectivity index (χ0n) is 12.1. The molecule has 0 saturated carbocycles. The standard InChI is InChI=1S/C12H24O5S.Na/c1-2-3-4-5-6-7-8-9-10-11-12(13)17-18(14,15)16;/h2-11H2,1H3,(H,14,15,16);. The van der Waals surface area contributed by atoms with E-state index in [2.05, 4.69) is 11.1 Å². The molecule has 0 aromatic heterocycles. The van der Waals surface area contributed by atoms with E-state index in [9.17, 15) is 13.2 Å². The van der Waals surface area contributed by atoms with Crippen molar-refractivity contribution in [2.75, 3.05) is 0 Å². The van der Waals surface area contributed by atoms with Crippen LogP contribution in [0.25, 0.3) is 0 Å². The van der Waals surface area contributed by atoms with Gasteiger partial charge in [-0.05, 0) is 6.42 Å². The molecule has 0 heterocycles. The number of unbranched alkanes of at least 4 members (excludes halogenated alkanes) is 8. The Morgan fingerprint density at radius 2 is 1.37 bits per heavy atom. The third kappa shape index (κ3) is 18.4. The molecule has 0 rings (SSSR count). The largest absolute Gasteiger partial charge is 0.448 e. The maximum Gasteiger partial charge on any atom is 0.448 e. The van der Waals surface area contributed by atoms with Gasteiger partial charge in [-0.1, -0.05) is 58.3 Å². The summed E-state index contributed by atoms with van der Waals surface area (Å²) in [5.74, 6) is -0.888. The smallest absolute Gasteiger partial charge is 0.325 e. The number of hydrogen-bond donors (Lipinski definition) is 1. The van der Waals surface area contributed by atoms with Gasteiger partial charge in [0.25, 0.3) is 0 Å². The molecular weight excluding hydrogens is 279 g/mol. The second kappa shape index (κ2) is 13.4. The summed E-state index contributed by atoms with van der Waals surface area (Å²) in [5, 5.41) is 0. The molecule has 1 radical (unpaired) electrons. The summed E-state index contributed by atoms with van der Waals surface area (Å²) in [7, 11) is -4.63. The summed E-state index contributed by atoms with van der Waals surface area (Å²) < 4.78 is 32.5. The van der Waals surface area contributed by atoms with Crippen LogP contribution in [0, 0.1) is 0 Å². The Hall–Kier alpha value is 0.380. The van der Waals surface area contributed by atoms with E-state index in [0.717, 1.165) is 19.3 Å². The monoisotopic (exact) mass is 303 g/mol. The zero-order valence-corrected chi connectivity index (χ0v) is 14.9. The Balaban J connectivity index is 0. The van der Waals surface area contributed by atoms with Crippen molar-refractivity contribution in [1.29, 1.82) is 0 Å². The Kier molecular flexibility index (Phi) is 15.2. The predicted octanol–water partition coefficient (Wildman–Crippen LogP) is 2.87. The van der Waals surface area contributed by atoms with Gasteiger partial charge in [0.05, 0.1) is 0 Å². The molecule has 7 heteroatoms. The van der Waals surface area contributed by atoms with Crippen molar-refractivity contribution < 1.29 is 21.9 Å². The number of rotatable bonds is 11. The van der Waals surface area contributed by atoms with Crippen molar-refractivity contribution in [3.05, 3.63) is 0 Å². The Labute approximate surface area is 138 Å². The van der Waals surface area contributed by atoms with E-state index in [1.807, 2.05) is 0 Å². The minimum atomic E-state index is -4.63.